The van der Waals surface area contributed by atoms with Crippen LogP contribution in [0.5, 0.6) is 5.75 Å². The van der Waals surface area contributed by atoms with Gasteiger partial charge in [-0.15, -0.1) is 0 Å². The molecule has 0 spiro atoms. The van der Waals surface area contributed by atoms with E-state index in [2.05, 4.69) is 57.3 Å². The van der Waals surface area contributed by atoms with Gasteiger partial charge in [0.15, 0.2) is 0 Å². The van der Waals surface area contributed by atoms with Gasteiger partial charge < -0.3 is 4.74 Å². The Kier molecular flexibility index (Phi) is 4.63. The first kappa shape index (κ1) is 10.6. The van der Waals surface area contributed by atoms with Crippen molar-refractivity contribution in [2.24, 2.45) is 0 Å². The molecule has 12 heavy (non-hydrogen) atoms. The zero-order chi connectivity index (χ0) is 8.97. The van der Waals surface area contributed by atoms with Crippen LogP contribution in [0, 0.1) is 3.57 Å². The number of hydrogen-bond donors (Lipinski definition) is 0. The zero-order valence-electron chi connectivity index (χ0n) is 6.81. The van der Waals surface area contributed by atoms with E-state index in [1.54, 1.807) is 7.11 Å². The Morgan fingerprint density at radius 1 is 1.42 bits per heavy atom. The molecule has 0 aromatic heterocycles. The molecule has 0 unspecified atom stereocenters. The summed E-state index contributed by atoms with van der Waals surface area (Å²) in [6, 6.07) is 6.21. The van der Waals surface area contributed by atoms with E-state index in [1.165, 1.54) is 9.13 Å². The van der Waals surface area contributed by atoms with Crippen LogP contribution in [0.25, 0.3) is 0 Å². The summed E-state index contributed by atoms with van der Waals surface area (Å²) in [6.07, 6.45) is 1.12. The number of halogens is 2. The molecule has 1 aromatic rings. The summed E-state index contributed by atoms with van der Waals surface area (Å²) in [5, 5.41) is 0. The predicted octanol–water partition coefficient (Wildman–Crippen LogP) is 3.28. The van der Waals surface area contributed by atoms with Crippen LogP contribution in [0.2, 0.25) is 0 Å². The number of benzene rings is 1. The Hall–Kier alpha value is 0.480. The minimum absolute atomic E-state index is 0.954. The van der Waals surface area contributed by atoms with Crippen molar-refractivity contribution in [3.63, 3.8) is 0 Å². The number of ether oxygens (including phenoxy) is 1. The van der Waals surface area contributed by atoms with Crippen LogP contribution in [-0.2, 0) is 6.42 Å². The van der Waals surface area contributed by atoms with Gasteiger partial charge in [-0.2, -0.15) is 0 Å². The summed E-state index contributed by atoms with van der Waals surface area (Å²) in [5.74, 6) is 0.954. The van der Waals surface area contributed by atoms with Gasteiger partial charge in [0, 0.05) is 8.00 Å². The average Bonchev–Trinajstić information content (AvgIpc) is 2.09. The summed E-state index contributed by atoms with van der Waals surface area (Å²) >= 11 is 4.75. The normalized spacial score (nSPS) is 9.92. The van der Waals surface area contributed by atoms with Gasteiger partial charge >= 0.3 is 0 Å². The van der Waals surface area contributed by atoms with Gasteiger partial charge in [-0.1, -0.05) is 22.6 Å². The molecule has 1 rings (SSSR count). The maximum atomic E-state index is 5.15. The Morgan fingerprint density at radius 3 is 2.75 bits per heavy atom. The van der Waals surface area contributed by atoms with Gasteiger partial charge in [-0.05, 0) is 52.8 Å². The van der Waals surface area contributed by atoms with Crippen molar-refractivity contribution in [1.82, 2.24) is 0 Å². The SMILES string of the molecule is COc1ccc(I)c(CCI)c1. The second-order valence-electron chi connectivity index (χ2n) is 2.40. The summed E-state index contributed by atoms with van der Waals surface area (Å²) in [6.45, 7) is 0. The lowest BCUT2D eigenvalue weighted by atomic mass is 10.2. The molecule has 0 N–H and O–H groups in total. The maximum Gasteiger partial charge on any atom is 0.119 e. The van der Waals surface area contributed by atoms with Crippen molar-refractivity contribution in [3.05, 3.63) is 27.3 Å². The highest BCUT2D eigenvalue weighted by Crippen LogP contribution is 2.20. The highest BCUT2D eigenvalue weighted by molar-refractivity contribution is 14.1. The third kappa shape index (κ3) is 2.76. The van der Waals surface area contributed by atoms with E-state index < -0.39 is 0 Å². The molecule has 1 nitrogen and oxygen atoms in total. The molecule has 3 heteroatoms. The predicted molar refractivity (Wildman–Crippen MR) is 68.3 cm³/mol. The second-order valence-corrected chi connectivity index (χ2v) is 4.64. The van der Waals surface area contributed by atoms with Crippen molar-refractivity contribution in [3.8, 4) is 5.75 Å². The molecule has 0 aliphatic heterocycles. The van der Waals surface area contributed by atoms with Crippen molar-refractivity contribution >= 4 is 45.2 Å². The van der Waals surface area contributed by atoms with E-state index in [9.17, 15) is 0 Å². The van der Waals surface area contributed by atoms with E-state index in [1.807, 2.05) is 6.07 Å². The van der Waals surface area contributed by atoms with Gasteiger partial charge in [0.25, 0.3) is 0 Å². The average molecular weight is 388 g/mol. The fourth-order valence-electron chi connectivity index (χ4n) is 0.971. The van der Waals surface area contributed by atoms with E-state index in [4.69, 9.17) is 4.74 Å². The van der Waals surface area contributed by atoms with Crippen molar-refractivity contribution in [2.75, 3.05) is 11.5 Å². The van der Waals surface area contributed by atoms with Gasteiger partial charge in [-0.3, -0.25) is 0 Å². The maximum absolute atomic E-state index is 5.15. The molecule has 66 valence electrons. The van der Waals surface area contributed by atoms with E-state index in [-0.39, 0.29) is 0 Å². The molecule has 0 saturated carbocycles. The fraction of sp³-hybridized carbons (Fsp3) is 0.333. The zero-order valence-corrected chi connectivity index (χ0v) is 11.1. The first-order valence-corrected chi connectivity index (χ1v) is 6.26. The summed E-state index contributed by atoms with van der Waals surface area (Å²) < 4.78 is 7.63. The summed E-state index contributed by atoms with van der Waals surface area (Å²) in [5.41, 5.74) is 1.38. The lowest BCUT2D eigenvalue weighted by Crippen LogP contribution is -1.92. The number of rotatable bonds is 3. The highest BCUT2D eigenvalue weighted by Gasteiger charge is 2.00. The van der Waals surface area contributed by atoms with Crippen LogP contribution >= 0.6 is 45.2 Å². The molecule has 0 aliphatic carbocycles. The van der Waals surface area contributed by atoms with Crippen LogP contribution in [0.3, 0.4) is 0 Å². The molecule has 0 radical (unpaired) electrons. The molecular formula is C9H10I2O. The minimum Gasteiger partial charge on any atom is -0.497 e. The number of alkyl halides is 1. The summed E-state index contributed by atoms with van der Waals surface area (Å²) in [7, 11) is 1.70. The van der Waals surface area contributed by atoms with Crippen LogP contribution in [0.4, 0.5) is 0 Å². The highest BCUT2D eigenvalue weighted by atomic mass is 127. The van der Waals surface area contributed by atoms with Gasteiger partial charge in [0.05, 0.1) is 7.11 Å². The first-order valence-electron chi connectivity index (χ1n) is 3.66. The number of hydrogen-bond acceptors (Lipinski definition) is 1. The Morgan fingerprint density at radius 2 is 2.17 bits per heavy atom. The quantitative estimate of drug-likeness (QED) is 0.571. The van der Waals surface area contributed by atoms with E-state index >= 15 is 0 Å². The van der Waals surface area contributed by atoms with E-state index in [0.717, 1.165) is 16.6 Å². The number of methoxy groups -OCH3 is 1. The third-order valence-electron chi connectivity index (χ3n) is 1.62. The molecule has 0 heterocycles. The minimum atomic E-state index is 0.954. The summed E-state index contributed by atoms with van der Waals surface area (Å²) in [4.78, 5) is 0. The van der Waals surface area contributed by atoms with Crippen molar-refractivity contribution < 1.29 is 4.74 Å². The standard InChI is InChI=1S/C9H10I2O/c1-12-8-2-3-9(11)7(6-8)4-5-10/h2-3,6H,4-5H2,1H3. The Bertz CT molecular complexity index is 261. The van der Waals surface area contributed by atoms with Crippen LogP contribution < -0.4 is 4.74 Å². The topological polar surface area (TPSA) is 9.23 Å². The monoisotopic (exact) mass is 388 g/mol. The molecule has 0 atom stereocenters. The lowest BCUT2D eigenvalue weighted by molar-refractivity contribution is 0.414. The molecule has 0 amide bonds. The Labute approximate surface area is 100 Å². The van der Waals surface area contributed by atoms with E-state index in [0.29, 0.717) is 0 Å². The van der Waals surface area contributed by atoms with Crippen molar-refractivity contribution in [1.29, 1.82) is 0 Å². The van der Waals surface area contributed by atoms with Crippen molar-refractivity contribution in [2.45, 2.75) is 6.42 Å². The van der Waals surface area contributed by atoms with Crippen LogP contribution in [0.15, 0.2) is 18.2 Å². The van der Waals surface area contributed by atoms with Gasteiger partial charge in [0.2, 0.25) is 0 Å². The van der Waals surface area contributed by atoms with Gasteiger partial charge in [-0.25, -0.2) is 0 Å². The molecule has 0 bridgehead atoms. The molecule has 0 fully saturated rings. The smallest absolute Gasteiger partial charge is 0.119 e. The van der Waals surface area contributed by atoms with Crippen LogP contribution in [-0.4, -0.2) is 11.5 Å². The molecular weight excluding hydrogens is 378 g/mol. The fourth-order valence-corrected chi connectivity index (χ4v) is 2.16. The molecule has 0 aliphatic rings. The molecule has 0 saturated heterocycles. The largest absolute Gasteiger partial charge is 0.497 e. The first-order chi connectivity index (χ1) is 5.77. The van der Waals surface area contributed by atoms with Crippen LogP contribution in [0.1, 0.15) is 5.56 Å². The second kappa shape index (κ2) is 5.26. The van der Waals surface area contributed by atoms with Gasteiger partial charge in [0.1, 0.15) is 5.75 Å². The third-order valence-corrected chi connectivity index (χ3v) is 3.21. The number of aryl methyl sites for hydroxylation is 1. The Balaban J connectivity index is 2.91. The molecule has 1 aromatic carbocycles. The lowest BCUT2D eigenvalue weighted by Gasteiger charge is -2.05.